The lowest BCUT2D eigenvalue weighted by molar-refractivity contribution is -0.0136. The summed E-state index contributed by atoms with van der Waals surface area (Å²) >= 11 is 3.49. The Morgan fingerprint density at radius 1 is 1.37 bits per heavy atom. The van der Waals surface area contributed by atoms with Gasteiger partial charge in [-0.05, 0) is 65.9 Å². The Morgan fingerprint density at radius 3 is 2.93 bits per heavy atom. The number of nitrogens with zero attached hydrogens (tertiary/aromatic N) is 3. The van der Waals surface area contributed by atoms with E-state index in [2.05, 4.69) is 26.2 Å². The summed E-state index contributed by atoms with van der Waals surface area (Å²) in [6.07, 6.45) is 5.33. The topological polar surface area (TPSA) is 89.3 Å². The number of halogens is 1. The number of ether oxygens (including phenoxy) is 1. The van der Waals surface area contributed by atoms with Gasteiger partial charge in [-0.25, -0.2) is 4.98 Å². The number of hydrogen-bond donors (Lipinski definition) is 2. The lowest BCUT2D eigenvalue weighted by Crippen LogP contribution is -2.42. The van der Waals surface area contributed by atoms with Crippen LogP contribution in [0.2, 0.25) is 0 Å². The molecular weight excluding hydrogens is 412 g/mol. The lowest BCUT2D eigenvalue weighted by Gasteiger charge is -2.28. The van der Waals surface area contributed by atoms with Gasteiger partial charge >= 0.3 is 0 Å². The van der Waals surface area contributed by atoms with Crippen molar-refractivity contribution in [3.8, 4) is 0 Å². The van der Waals surface area contributed by atoms with E-state index in [1.807, 2.05) is 11.5 Å². The minimum Gasteiger partial charge on any atom is -0.389 e. The normalized spacial score (nSPS) is 32.5. The van der Waals surface area contributed by atoms with Crippen LogP contribution in [-0.2, 0) is 4.74 Å². The molecule has 5 rings (SSSR count). The van der Waals surface area contributed by atoms with Crippen molar-refractivity contribution >= 4 is 32.9 Å². The second-order valence-electron chi connectivity index (χ2n) is 8.03. The van der Waals surface area contributed by atoms with Crippen molar-refractivity contribution < 1.29 is 9.84 Å². The molecule has 1 saturated heterocycles. The van der Waals surface area contributed by atoms with Crippen LogP contribution >= 0.6 is 15.9 Å². The minimum absolute atomic E-state index is 0.00620. The average molecular weight is 435 g/mol. The van der Waals surface area contributed by atoms with Crippen LogP contribution < -0.4 is 10.9 Å². The minimum atomic E-state index is -0.589. The number of anilines is 1. The molecule has 0 spiro atoms. The molecule has 2 aliphatic carbocycles. The third-order valence-corrected chi connectivity index (χ3v) is 7.35. The van der Waals surface area contributed by atoms with E-state index in [-0.39, 0.29) is 17.6 Å². The summed E-state index contributed by atoms with van der Waals surface area (Å²) in [5, 5.41) is 14.3. The molecular formula is C19H23BrN4O3. The van der Waals surface area contributed by atoms with Gasteiger partial charge in [0, 0.05) is 24.2 Å². The van der Waals surface area contributed by atoms with Crippen LogP contribution in [-0.4, -0.2) is 45.0 Å². The second kappa shape index (κ2) is 6.53. The highest BCUT2D eigenvalue weighted by Crippen LogP contribution is 2.57. The molecule has 0 bridgehead atoms. The molecule has 8 heteroatoms. The molecule has 0 radical (unpaired) electrons. The highest BCUT2D eigenvalue weighted by Gasteiger charge is 2.49. The van der Waals surface area contributed by atoms with Gasteiger partial charge in [0.25, 0.3) is 5.56 Å². The van der Waals surface area contributed by atoms with E-state index in [1.54, 1.807) is 6.20 Å². The highest BCUT2D eigenvalue weighted by atomic mass is 79.9. The van der Waals surface area contributed by atoms with Crippen LogP contribution in [0.25, 0.3) is 11.0 Å². The maximum atomic E-state index is 13.1. The first-order chi connectivity index (χ1) is 13.0. The van der Waals surface area contributed by atoms with E-state index in [1.165, 1.54) is 12.8 Å². The molecule has 27 heavy (non-hydrogen) atoms. The quantitative estimate of drug-likeness (QED) is 0.770. The maximum absolute atomic E-state index is 13.1. The monoisotopic (exact) mass is 434 g/mol. The fourth-order valence-electron chi connectivity index (χ4n) is 4.73. The van der Waals surface area contributed by atoms with E-state index < -0.39 is 6.10 Å². The summed E-state index contributed by atoms with van der Waals surface area (Å²) in [5.74, 6) is 1.83. The average Bonchev–Trinajstić information content (AvgIpc) is 3.34. The third-order valence-electron chi connectivity index (χ3n) is 6.41. The number of nitrogens with one attached hydrogen (secondary N) is 1. The highest BCUT2D eigenvalue weighted by molar-refractivity contribution is 9.10. The molecule has 7 nitrogen and oxygen atoms in total. The summed E-state index contributed by atoms with van der Waals surface area (Å²) in [5.41, 5.74) is 1.56. The number of aliphatic hydroxyl groups is 1. The van der Waals surface area contributed by atoms with E-state index in [9.17, 15) is 9.90 Å². The van der Waals surface area contributed by atoms with Crippen molar-refractivity contribution in [2.24, 2.45) is 11.8 Å². The molecule has 5 atom stereocenters. The Hall–Kier alpha value is -1.51. The van der Waals surface area contributed by atoms with Gasteiger partial charge in [-0.2, -0.15) is 4.98 Å². The molecule has 144 valence electrons. The van der Waals surface area contributed by atoms with Gasteiger partial charge in [0.15, 0.2) is 0 Å². The Bertz CT molecular complexity index is 962. The molecule has 2 N–H and O–H groups in total. The fourth-order valence-corrected chi connectivity index (χ4v) is 5.13. The predicted octanol–water partition coefficient (Wildman–Crippen LogP) is 2.40. The largest absolute Gasteiger partial charge is 0.389 e. The van der Waals surface area contributed by atoms with Gasteiger partial charge in [0.1, 0.15) is 5.65 Å². The van der Waals surface area contributed by atoms with Gasteiger partial charge in [0.2, 0.25) is 5.95 Å². The van der Waals surface area contributed by atoms with Gasteiger partial charge in [-0.3, -0.25) is 9.36 Å². The molecule has 3 aliphatic rings. The molecule has 3 fully saturated rings. The van der Waals surface area contributed by atoms with Crippen LogP contribution in [0.15, 0.2) is 15.5 Å². The number of hydrogen-bond acceptors (Lipinski definition) is 6. The molecule has 2 aromatic rings. The number of pyridine rings is 1. The van der Waals surface area contributed by atoms with Crippen LogP contribution in [0.3, 0.4) is 0 Å². The van der Waals surface area contributed by atoms with Gasteiger partial charge < -0.3 is 15.2 Å². The van der Waals surface area contributed by atoms with Crippen molar-refractivity contribution in [1.29, 1.82) is 0 Å². The number of aliphatic hydroxyl groups excluding tert-OH is 1. The van der Waals surface area contributed by atoms with Gasteiger partial charge in [0.05, 0.1) is 23.2 Å². The van der Waals surface area contributed by atoms with E-state index in [4.69, 9.17) is 9.72 Å². The van der Waals surface area contributed by atoms with Crippen molar-refractivity contribution in [1.82, 2.24) is 14.5 Å². The van der Waals surface area contributed by atoms with Crippen molar-refractivity contribution in [3.05, 3.63) is 26.6 Å². The summed E-state index contributed by atoms with van der Waals surface area (Å²) in [4.78, 5) is 22.3. The Kier molecular flexibility index (Phi) is 4.25. The van der Waals surface area contributed by atoms with Crippen LogP contribution in [0.5, 0.6) is 0 Å². The number of fused-ring (bicyclic) bond motifs is 2. The summed E-state index contributed by atoms with van der Waals surface area (Å²) in [7, 11) is 0. The standard InChI is InChI=1S/C19H23BrN4O3/c1-9-12-7-21-19(22-13-4-5-27-8-15(13)25)23-17(12)24(18(26)16(9)20)14-3-2-10-6-11(10)14/h7,10-11,13-15,25H,2-6,8H2,1H3,(H,21,22,23)/t10-,11+,13+,14-,15+/m0/s1. The van der Waals surface area contributed by atoms with Gasteiger partial charge in [-0.1, -0.05) is 0 Å². The summed E-state index contributed by atoms with van der Waals surface area (Å²) < 4.78 is 7.77. The van der Waals surface area contributed by atoms with Crippen molar-refractivity contribution in [2.45, 2.75) is 50.8 Å². The fraction of sp³-hybridized carbons (Fsp3) is 0.632. The van der Waals surface area contributed by atoms with Gasteiger partial charge in [-0.15, -0.1) is 0 Å². The first-order valence-electron chi connectivity index (χ1n) is 9.64. The molecule has 0 amide bonds. The number of rotatable bonds is 3. The van der Waals surface area contributed by atoms with Crippen LogP contribution in [0, 0.1) is 18.8 Å². The van der Waals surface area contributed by atoms with E-state index >= 15 is 0 Å². The zero-order valence-electron chi connectivity index (χ0n) is 15.2. The Labute approximate surface area is 165 Å². The van der Waals surface area contributed by atoms with Crippen molar-refractivity contribution in [3.63, 3.8) is 0 Å². The SMILES string of the molecule is Cc1c(Br)c(=O)n([C@H]2CC[C@H]3C[C@H]32)c2nc(N[C@@H]3CCOC[C@H]3O)ncc12. The first-order valence-corrected chi connectivity index (χ1v) is 10.4. The Balaban J connectivity index is 1.60. The molecule has 0 aromatic carbocycles. The van der Waals surface area contributed by atoms with E-state index in [0.29, 0.717) is 41.6 Å². The molecule has 2 saturated carbocycles. The smallest absolute Gasteiger partial charge is 0.267 e. The van der Waals surface area contributed by atoms with Crippen LogP contribution in [0.4, 0.5) is 5.95 Å². The third kappa shape index (κ3) is 2.89. The predicted molar refractivity (Wildman–Crippen MR) is 105 cm³/mol. The molecule has 2 aromatic heterocycles. The summed E-state index contributed by atoms with van der Waals surface area (Å²) in [6, 6.07) is 0.0746. The number of aromatic nitrogens is 3. The first kappa shape index (κ1) is 17.6. The van der Waals surface area contributed by atoms with Crippen LogP contribution in [0.1, 0.15) is 37.3 Å². The zero-order chi connectivity index (χ0) is 18.7. The maximum Gasteiger partial charge on any atom is 0.267 e. The Morgan fingerprint density at radius 2 is 2.22 bits per heavy atom. The lowest BCUT2D eigenvalue weighted by atomic mass is 10.1. The zero-order valence-corrected chi connectivity index (χ0v) is 16.8. The second-order valence-corrected chi connectivity index (χ2v) is 8.82. The van der Waals surface area contributed by atoms with Crippen molar-refractivity contribution in [2.75, 3.05) is 18.5 Å². The molecule has 1 aliphatic heterocycles. The number of aryl methyl sites for hydroxylation is 1. The molecule has 0 unspecified atom stereocenters. The summed E-state index contributed by atoms with van der Waals surface area (Å²) in [6.45, 7) is 2.84. The molecule has 3 heterocycles. The van der Waals surface area contributed by atoms with E-state index in [0.717, 1.165) is 23.3 Å².